The van der Waals surface area contributed by atoms with Gasteiger partial charge in [0.25, 0.3) is 0 Å². The molecule has 1 heterocycles. The van der Waals surface area contributed by atoms with E-state index >= 15 is 0 Å². The molecule has 19 heavy (non-hydrogen) atoms. The van der Waals surface area contributed by atoms with Crippen LogP contribution in [0.4, 0.5) is 5.69 Å². The first-order valence-electron chi connectivity index (χ1n) is 7.26. The van der Waals surface area contributed by atoms with Crippen molar-refractivity contribution in [3.8, 4) is 6.07 Å². The lowest BCUT2D eigenvalue weighted by Gasteiger charge is -2.25. The Morgan fingerprint density at radius 3 is 2.74 bits per heavy atom. The van der Waals surface area contributed by atoms with E-state index in [2.05, 4.69) is 23.3 Å². The molecule has 0 aromatic carbocycles. The van der Waals surface area contributed by atoms with Crippen LogP contribution < -0.4 is 5.32 Å². The van der Waals surface area contributed by atoms with Crippen LogP contribution in [-0.4, -0.2) is 11.0 Å². The topological polar surface area (TPSA) is 48.7 Å². The monoisotopic (exact) mass is 257 g/mol. The van der Waals surface area contributed by atoms with Crippen LogP contribution in [0.25, 0.3) is 0 Å². The van der Waals surface area contributed by atoms with Crippen LogP contribution in [0, 0.1) is 31.1 Å². The standard InChI is InChI=1S/C16H23N3/c1-11-7-5-4-6-8-15(11)19-16-9-12(2)18-13(3)14(16)10-17/h9,11,15H,4-8H2,1-3H3,(H,18,19). The molecule has 1 aromatic rings. The number of hydrogen-bond acceptors (Lipinski definition) is 3. The third kappa shape index (κ3) is 3.26. The molecule has 0 saturated heterocycles. The first-order chi connectivity index (χ1) is 9.11. The first-order valence-corrected chi connectivity index (χ1v) is 7.26. The van der Waals surface area contributed by atoms with Crippen LogP contribution in [0.3, 0.4) is 0 Å². The quantitative estimate of drug-likeness (QED) is 0.816. The third-order valence-electron chi connectivity index (χ3n) is 4.14. The van der Waals surface area contributed by atoms with Crippen molar-refractivity contribution < 1.29 is 0 Å². The zero-order valence-electron chi connectivity index (χ0n) is 12.2. The van der Waals surface area contributed by atoms with E-state index in [0.29, 0.717) is 17.5 Å². The van der Waals surface area contributed by atoms with E-state index in [4.69, 9.17) is 0 Å². The smallest absolute Gasteiger partial charge is 0.103 e. The molecule has 1 aliphatic rings. The summed E-state index contributed by atoms with van der Waals surface area (Å²) >= 11 is 0. The second-order valence-corrected chi connectivity index (χ2v) is 5.75. The highest BCUT2D eigenvalue weighted by Crippen LogP contribution is 2.28. The Kier molecular flexibility index (Phi) is 4.42. The summed E-state index contributed by atoms with van der Waals surface area (Å²) in [5, 5.41) is 12.9. The number of anilines is 1. The minimum Gasteiger partial charge on any atom is -0.381 e. The lowest BCUT2D eigenvalue weighted by Crippen LogP contribution is -2.27. The van der Waals surface area contributed by atoms with Gasteiger partial charge in [-0.25, -0.2) is 0 Å². The molecule has 2 unspecified atom stereocenters. The molecule has 3 heteroatoms. The summed E-state index contributed by atoms with van der Waals surface area (Å²) in [6, 6.07) is 4.77. The summed E-state index contributed by atoms with van der Waals surface area (Å²) in [5.74, 6) is 0.669. The maximum atomic E-state index is 9.31. The molecule has 0 bridgehead atoms. The van der Waals surface area contributed by atoms with Crippen LogP contribution in [0.2, 0.25) is 0 Å². The highest BCUT2D eigenvalue weighted by Gasteiger charge is 2.21. The highest BCUT2D eigenvalue weighted by molar-refractivity contribution is 5.60. The SMILES string of the molecule is Cc1cc(NC2CCCCCC2C)c(C#N)c(C)n1. The Morgan fingerprint density at radius 1 is 1.26 bits per heavy atom. The summed E-state index contributed by atoms with van der Waals surface area (Å²) in [6.45, 7) is 6.21. The largest absolute Gasteiger partial charge is 0.381 e. The molecular weight excluding hydrogens is 234 g/mol. The van der Waals surface area contributed by atoms with Crippen molar-refractivity contribution in [2.75, 3.05) is 5.32 Å². The number of pyridine rings is 1. The van der Waals surface area contributed by atoms with Crippen molar-refractivity contribution in [2.45, 2.75) is 58.9 Å². The van der Waals surface area contributed by atoms with Crippen molar-refractivity contribution in [3.63, 3.8) is 0 Å². The average Bonchev–Trinajstić information content (AvgIpc) is 2.54. The number of aryl methyl sites for hydroxylation is 2. The van der Waals surface area contributed by atoms with Crippen LogP contribution in [0.1, 0.15) is 56.0 Å². The molecule has 0 amide bonds. The van der Waals surface area contributed by atoms with Gasteiger partial charge in [-0.05, 0) is 38.7 Å². The second kappa shape index (κ2) is 6.06. The van der Waals surface area contributed by atoms with Crippen LogP contribution in [0.5, 0.6) is 0 Å². The van der Waals surface area contributed by atoms with Gasteiger partial charge in [-0.1, -0.05) is 26.2 Å². The van der Waals surface area contributed by atoms with Gasteiger partial charge in [0, 0.05) is 11.7 Å². The summed E-state index contributed by atoms with van der Waals surface area (Å²) in [6.07, 6.45) is 6.43. The number of rotatable bonds is 2. The predicted octanol–water partition coefficient (Wildman–Crippen LogP) is 3.95. The molecule has 1 aliphatic carbocycles. The number of nitrogens with one attached hydrogen (secondary N) is 1. The van der Waals surface area contributed by atoms with E-state index < -0.39 is 0 Å². The Bertz CT molecular complexity index is 488. The molecule has 2 rings (SSSR count). The van der Waals surface area contributed by atoms with Gasteiger partial charge in [0.1, 0.15) is 6.07 Å². The molecule has 1 aromatic heterocycles. The van der Waals surface area contributed by atoms with E-state index in [-0.39, 0.29) is 0 Å². The second-order valence-electron chi connectivity index (χ2n) is 5.75. The van der Waals surface area contributed by atoms with Crippen molar-refractivity contribution in [1.82, 2.24) is 4.98 Å². The maximum absolute atomic E-state index is 9.31. The van der Waals surface area contributed by atoms with E-state index in [1.165, 1.54) is 32.1 Å². The normalized spacial score (nSPS) is 23.5. The van der Waals surface area contributed by atoms with E-state index in [1.807, 2.05) is 19.9 Å². The van der Waals surface area contributed by atoms with E-state index in [0.717, 1.165) is 17.1 Å². The Hall–Kier alpha value is -1.56. The lowest BCUT2D eigenvalue weighted by atomic mass is 9.96. The molecular formula is C16H23N3. The van der Waals surface area contributed by atoms with Gasteiger partial charge < -0.3 is 5.32 Å². The molecule has 2 atom stereocenters. The molecule has 102 valence electrons. The van der Waals surface area contributed by atoms with Gasteiger partial charge in [-0.15, -0.1) is 0 Å². The average molecular weight is 257 g/mol. The fourth-order valence-electron chi connectivity index (χ4n) is 2.99. The van der Waals surface area contributed by atoms with Crippen LogP contribution in [0.15, 0.2) is 6.07 Å². The summed E-state index contributed by atoms with van der Waals surface area (Å²) in [4.78, 5) is 4.37. The van der Waals surface area contributed by atoms with Gasteiger partial charge in [-0.3, -0.25) is 4.98 Å². The molecule has 0 spiro atoms. The first kappa shape index (κ1) is 13.9. The minimum atomic E-state index is 0.482. The minimum absolute atomic E-state index is 0.482. The number of nitrogens with zero attached hydrogens (tertiary/aromatic N) is 2. The Balaban J connectivity index is 2.24. The van der Waals surface area contributed by atoms with Crippen molar-refractivity contribution in [2.24, 2.45) is 5.92 Å². The van der Waals surface area contributed by atoms with E-state index in [1.54, 1.807) is 0 Å². The third-order valence-corrected chi connectivity index (χ3v) is 4.14. The number of nitriles is 1. The molecule has 0 radical (unpaired) electrons. The summed E-state index contributed by atoms with van der Waals surface area (Å²) in [5.41, 5.74) is 3.46. The number of hydrogen-bond donors (Lipinski definition) is 1. The van der Waals surface area contributed by atoms with Crippen LogP contribution in [-0.2, 0) is 0 Å². The lowest BCUT2D eigenvalue weighted by molar-refractivity contribution is 0.456. The van der Waals surface area contributed by atoms with Gasteiger partial charge in [-0.2, -0.15) is 5.26 Å². The molecule has 0 aliphatic heterocycles. The van der Waals surface area contributed by atoms with E-state index in [9.17, 15) is 5.26 Å². The van der Waals surface area contributed by atoms with Crippen molar-refractivity contribution >= 4 is 5.69 Å². The van der Waals surface area contributed by atoms with Gasteiger partial charge >= 0.3 is 0 Å². The van der Waals surface area contributed by atoms with Gasteiger partial charge in [0.05, 0.1) is 16.9 Å². The summed E-state index contributed by atoms with van der Waals surface area (Å²) < 4.78 is 0. The van der Waals surface area contributed by atoms with Gasteiger partial charge in [0.2, 0.25) is 0 Å². The fraction of sp³-hybridized carbons (Fsp3) is 0.625. The maximum Gasteiger partial charge on any atom is 0.103 e. The number of aromatic nitrogens is 1. The highest BCUT2D eigenvalue weighted by atomic mass is 14.9. The van der Waals surface area contributed by atoms with Crippen LogP contribution >= 0.6 is 0 Å². The zero-order valence-corrected chi connectivity index (χ0v) is 12.2. The zero-order chi connectivity index (χ0) is 13.8. The fourth-order valence-corrected chi connectivity index (χ4v) is 2.99. The predicted molar refractivity (Wildman–Crippen MR) is 78.1 cm³/mol. The Labute approximate surface area is 116 Å². The van der Waals surface area contributed by atoms with Crippen molar-refractivity contribution in [3.05, 3.63) is 23.0 Å². The Morgan fingerprint density at radius 2 is 2.00 bits per heavy atom. The summed E-state index contributed by atoms with van der Waals surface area (Å²) in [7, 11) is 0. The molecule has 1 fully saturated rings. The van der Waals surface area contributed by atoms with Crippen molar-refractivity contribution in [1.29, 1.82) is 5.26 Å². The molecule has 3 nitrogen and oxygen atoms in total. The van der Waals surface area contributed by atoms with Gasteiger partial charge in [0.15, 0.2) is 0 Å². The molecule has 1 N–H and O–H groups in total. The molecule has 1 saturated carbocycles.